The van der Waals surface area contributed by atoms with Crippen molar-refractivity contribution in [2.24, 2.45) is 5.92 Å². The third-order valence-electron chi connectivity index (χ3n) is 2.28. The number of hydrogen-bond donors (Lipinski definition) is 0. The number of esters is 1. The Hall–Kier alpha value is -1.05. The first-order chi connectivity index (χ1) is 6.90. The quantitative estimate of drug-likeness (QED) is 0.651. The fourth-order valence-corrected chi connectivity index (χ4v) is 1.48. The topological polar surface area (TPSA) is 26.3 Å². The molecule has 0 amide bonds. The fourth-order valence-electron chi connectivity index (χ4n) is 1.48. The van der Waals surface area contributed by atoms with Crippen LogP contribution in [-0.2, 0) is 9.53 Å². The van der Waals surface area contributed by atoms with Crippen molar-refractivity contribution in [2.45, 2.75) is 46.1 Å². The summed E-state index contributed by atoms with van der Waals surface area (Å²) in [7, 11) is 0. The zero-order valence-corrected chi connectivity index (χ0v) is 10.0. The van der Waals surface area contributed by atoms with E-state index in [4.69, 9.17) is 4.74 Å². The first-order valence-electron chi connectivity index (χ1n) is 5.49. The second-order valence-electron chi connectivity index (χ2n) is 4.94. The first kappa shape index (κ1) is 12.0. The van der Waals surface area contributed by atoms with Gasteiger partial charge in [0.05, 0.1) is 5.92 Å². The average Bonchev–Trinajstić information content (AvgIpc) is 2.15. The summed E-state index contributed by atoms with van der Waals surface area (Å²) in [6.07, 6.45) is 8.35. The molecule has 15 heavy (non-hydrogen) atoms. The van der Waals surface area contributed by atoms with E-state index < -0.39 is 5.60 Å². The van der Waals surface area contributed by atoms with Crippen molar-refractivity contribution >= 4 is 5.97 Å². The van der Waals surface area contributed by atoms with Gasteiger partial charge in [-0.05, 0) is 46.1 Å². The van der Waals surface area contributed by atoms with Gasteiger partial charge in [-0.1, -0.05) is 18.2 Å². The average molecular weight is 208 g/mol. The molecule has 2 nitrogen and oxygen atoms in total. The normalized spacial score (nSPS) is 18.3. The number of ether oxygens (including phenoxy) is 1. The highest BCUT2D eigenvalue weighted by Crippen LogP contribution is 2.21. The largest absolute Gasteiger partial charge is 0.460 e. The Morgan fingerprint density at radius 3 is 2.53 bits per heavy atom. The molecule has 1 rings (SSSR count). The molecule has 0 aromatic heterocycles. The Balaban J connectivity index is 2.60. The van der Waals surface area contributed by atoms with Gasteiger partial charge in [-0.2, -0.15) is 0 Å². The Morgan fingerprint density at radius 2 is 2.07 bits per heavy atom. The molecule has 1 atom stereocenters. The zero-order valence-electron chi connectivity index (χ0n) is 10.0. The maximum Gasteiger partial charge on any atom is 0.313 e. The van der Waals surface area contributed by atoms with Crippen LogP contribution in [0.3, 0.4) is 0 Å². The number of allylic oxidation sites excluding steroid dienone is 3. The van der Waals surface area contributed by atoms with E-state index in [0.717, 1.165) is 18.4 Å². The summed E-state index contributed by atoms with van der Waals surface area (Å²) in [4.78, 5) is 11.8. The van der Waals surface area contributed by atoms with Crippen LogP contribution in [0.4, 0.5) is 0 Å². The van der Waals surface area contributed by atoms with Crippen LogP contribution in [-0.4, -0.2) is 11.6 Å². The van der Waals surface area contributed by atoms with Crippen molar-refractivity contribution in [2.75, 3.05) is 0 Å². The van der Waals surface area contributed by atoms with Gasteiger partial charge >= 0.3 is 5.97 Å². The Kier molecular flexibility index (Phi) is 3.72. The molecule has 0 aliphatic heterocycles. The highest BCUT2D eigenvalue weighted by molar-refractivity contribution is 5.76. The fraction of sp³-hybridized carbons (Fsp3) is 0.615. The van der Waals surface area contributed by atoms with E-state index in [1.54, 1.807) is 0 Å². The number of hydrogen-bond acceptors (Lipinski definition) is 2. The second kappa shape index (κ2) is 4.65. The molecule has 0 aromatic carbocycles. The Morgan fingerprint density at radius 1 is 1.40 bits per heavy atom. The van der Waals surface area contributed by atoms with Crippen molar-refractivity contribution < 1.29 is 9.53 Å². The molecule has 1 aliphatic carbocycles. The van der Waals surface area contributed by atoms with Crippen LogP contribution in [0.2, 0.25) is 0 Å². The van der Waals surface area contributed by atoms with E-state index in [9.17, 15) is 4.79 Å². The van der Waals surface area contributed by atoms with E-state index >= 15 is 0 Å². The van der Waals surface area contributed by atoms with Gasteiger partial charge in [-0.15, -0.1) is 0 Å². The van der Waals surface area contributed by atoms with Gasteiger partial charge in [0.1, 0.15) is 5.60 Å². The third-order valence-corrected chi connectivity index (χ3v) is 2.28. The lowest BCUT2D eigenvalue weighted by atomic mass is 9.95. The third kappa shape index (κ3) is 3.90. The lowest BCUT2D eigenvalue weighted by Crippen LogP contribution is -2.28. The van der Waals surface area contributed by atoms with Crippen LogP contribution < -0.4 is 0 Å². The summed E-state index contributed by atoms with van der Waals surface area (Å²) in [6, 6.07) is 0. The highest BCUT2D eigenvalue weighted by atomic mass is 16.6. The zero-order chi connectivity index (χ0) is 11.5. The summed E-state index contributed by atoms with van der Waals surface area (Å²) < 4.78 is 5.34. The van der Waals surface area contributed by atoms with Gasteiger partial charge in [-0.25, -0.2) is 0 Å². The minimum absolute atomic E-state index is 0.139. The predicted octanol–water partition coefficient (Wildman–Crippen LogP) is 3.24. The van der Waals surface area contributed by atoms with Crippen LogP contribution in [0.25, 0.3) is 0 Å². The molecular weight excluding hydrogens is 188 g/mol. The van der Waals surface area contributed by atoms with E-state index in [0.29, 0.717) is 0 Å². The molecule has 0 bridgehead atoms. The van der Waals surface area contributed by atoms with Crippen LogP contribution in [0.1, 0.15) is 40.5 Å². The van der Waals surface area contributed by atoms with Crippen LogP contribution in [0, 0.1) is 5.92 Å². The molecule has 0 aromatic rings. The summed E-state index contributed by atoms with van der Waals surface area (Å²) in [6.45, 7) is 7.57. The Bertz CT molecular complexity index is 292. The summed E-state index contributed by atoms with van der Waals surface area (Å²) in [5.74, 6) is -0.291. The molecule has 0 radical (unpaired) electrons. The number of carbonyl (C=O) groups excluding carboxylic acids is 1. The molecule has 2 heteroatoms. The number of carbonyl (C=O) groups is 1. The van der Waals surface area contributed by atoms with E-state index in [1.165, 1.54) is 0 Å². The molecule has 0 heterocycles. The van der Waals surface area contributed by atoms with Crippen LogP contribution in [0.5, 0.6) is 0 Å². The lowest BCUT2D eigenvalue weighted by Gasteiger charge is -2.23. The van der Waals surface area contributed by atoms with E-state index in [-0.39, 0.29) is 11.9 Å². The number of rotatable bonds is 2. The van der Waals surface area contributed by atoms with Crippen molar-refractivity contribution in [1.82, 2.24) is 0 Å². The van der Waals surface area contributed by atoms with Crippen molar-refractivity contribution in [1.29, 1.82) is 0 Å². The minimum atomic E-state index is -0.399. The van der Waals surface area contributed by atoms with Crippen molar-refractivity contribution in [3.63, 3.8) is 0 Å². The van der Waals surface area contributed by atoms with Gasteiger partial charge < -0.3 is 4.74 Å². The SMILES string of the molecule is CC(C(=O)OC(C)(C)C)C1=CCCC=C1. The van der Waals surface area contributed by atoms with Crippen molar-refractivity contribution in [3.05, 3.63) is 23.8 Å². The standard InChI is InChI=1S/C13H20O2/c1-10(11-8-6-5-7-9-11)12(14)15-13(2,3)4/h6,8-10H,5,7H2,1-4H3. The minimum Gasteiger partial charge on any atom is -0.460 e. The Labute approximate surface area is 92.0 Å². The maximum absolute atomic E-state index is 11.8. The molecule has 1 unspecified atom stereocenters. The smallest absolute Gasteiger partial charge is 0.313 e. The van der Waals surface area contributed by atoms with Gasteiger partial charge in [0.2, 0.25) is 0 Å². The molecular formula is C13H20O2. The van der Waals surface area contributed by atoms with E-state index in [2.05, 4.69) is 12.2 Å². The maximum atomic E-state index is 11.8. The molecule has 0 fully saturated rings. The van der Waals surface area contributed by atoms with Gasteiger partial charge in [0.25, 0.3) is 0 Å². The molecule has 0 saturated carbocycles. The van der Waals surface area contributed by atoms with Crippen LogP contribution >= 0.6 is 0 Å². The van der Waals surface area contributed by atoms with Crippen molar-refractivity contribution in [3.8, 4) is 0 Å². The molecule has 1 aliphatic rings. The predicted molar refractivity (Wildman–Crippen MR) is 61.5 cm³/mol. The summed E-state index contributed by atoms with van der Waals surface area (Å²) >= 11 is 0. The lowest BCUT2D eigenvalue weighted by molar-refractivity contribution is -0.157. The molecule has 0 spiro atoms. The van der Waals surface area contributed by atoms with Crippen LogP contribution in [0.15, 0.2) is 23.8 Å². The summed E-state index contributed by atoms with van der Waals surface area (Å²) in [5.41, 5.74) is 0.681. The molecule has 0 N–H and O–H groups in total. The van der Waals surface area contributed by atoms with Gasteiger partial charge in [0, 0.05) is 0 Å². The molecule has 84 valence electrons. The monoisotopic (exact) mass is 208 g/mol. The second-order valence-corrected chi connectivity index (χ2v) is 4.94. The van der Waals surface area contributed by atoms with Gasteiger partial charge in [-0.3, -0.25) is 4.79 Å². The molecule has 0 saturated heterocycles. The van der Waals surface area contributed by atoms with E-state index in [1.807, 2.05) is 33.8 Å². The first-order valence-corrected chi connectivity index (χ1v) is 5.49. The highest BCUT2D eigenvalue weighted by Gasteiger charge is 2.23. The summed E-state index contributed by atoms with van der Waals surface area (Å²) in [5, 5.41) is 0. The van der Waals surface area contributed by atoms with Gasteiger partial charge in [0.15, 0.2) is 0 Å².